The predicted molar refractivity (Wildman–Crippen MR) is 136 cm³/mol. The zero-order chi connectivity index (χ0) is 29.1. The van der Waals surface area contributed by atoms with Crippen LogP contribution in [-0.2, 0) is 23.7 Å². The molecule has 38 heavy (non-hydrogen) atoms. The van der Waals surface area contributed by atoms with Crippen LogP contribution in [0.3, 0.4) is 0 Å². The van der Waals surface area contributed by atoms with E-state index < -0.39 is 113 Å². The molecule has 3 fully saturated rings. The lowest BCUT2D eigenvalue weighted by Gasteiger charge is -2.43. The summed E-state index contributed by atoms with van der Waals surface area (Å²) in [6.07, 6.45) is -12.7. The molecular formula is C20H30Cl6O12. The minimum absolute atomic E-state index is 0.437. The smallest absolute Gasteiger partial charge is 0.303 e. The lowest BCUT2D eigenvalue weighted by molar-refractivity contribution is -0.383. The lowest BCUT2D eigenvalue weighted by Crippen LogP contribution is -2.63. The summed E-state index contributed by atoms with van der Waals surface area (Å²) >= 11 is 35.3. The van der Waals surface area contributed by atoms with Crippen molar-refractivity contribution in [3.05, 3.63) is 0 Å². The number of aliphatic hydroxyl groups is 7. The van der Waals surface area contributed by atoms with Crippen molar-refractivity contribution in [1.29, 1.82) is 0 Å². The first-order valence-corrected chi connectivity index (χ1v) is 13.9. The molecule has 7 N–H and O–H groups in total. The van der Waals surface area contributed by atoms with Crippen LogP contribution in [0.5, 0.6) is 0 Å². The molecule has 1 saturated carbocycles. The van der Waals surface area contributed by atoms with Crippen LogP contribution >= 0.6 is 69.6 Å². The number of carbonyl (C=O) groups is 1. The number of halogens is 6. The SMILES string of the molecule is CC(=O)O[C@H]1[C@H](O)[C@@H](CO)O[C@@]1(CO)O[C@H]1O[C@H](CO)[C@@H](O)[C@H](O)[C@H]1O.Cl[C@H]1[C@H](Cl)[C@@H](Cl)[C@@H](Cl)[C@H](Cl)[C@H]1Cl. The maximum Gasteiger partial charge on any atom is 0.303 e. The van der Waals surface area contributed by atoms with Gasteiger partial charge in [-0.25, -0.2) is 0 Å². The van der Waals surface area contributed by atoms with Crippen molar-refractivity contribution >= 4 is 75.6 Å². The largest absolute Gasteiger partial charge is 0.454 e. The van der Waals surface area contributed by atoms with E-state index in [-0.39, 0.29) is 0 Å². The molecule has 9 atom stereocenters. The Bertz CT molecular complexity index is 713. The number of carbonyl (C=O) groups excluding carboxylic acids is 1. The van der Waals surface area contributed by atoms with Gasteiger partial charge in [0.1, 0.15) is 43.2 Å². The third-order valence-corrected chi connectivity index (χ3v) is 10.2. The van der Waals surface area contributed by atoms with E-state index in [2.05, 4.69) is 0 Å². The average Bonchev–Trinajstić information content (AvgIpc) is 3.16. The highest BCUT2D eigenvalue weighted by atomic mass is 35.5. The number of aliphatic hydroxyl groups excluding tert-OH is 7. The number of hydrogen-bond donors (Lipinski definition) is 7. The summed E-state index contributed by atoms with van der Waals surface area (Å²) in [4.78, 5) is 11.3. The summed E-state index contributed by atoms with van der Waals surface area (Å²) in [6, 6.07) is 0. The van der Waals surface area contributed by atoms with Crippen molar-refractivity contribution in [3.63, 3.8) is 0 Å². The molecule has 224 valence electrons. The maximum absolute atomic E-state index is 11.3. The molecule has 3 aliphatic rings. The molecule has 0 spiro atoms. The summed E-state index contributed by atoms with van der Waals surface area (Å²) in [7, 11) is 0. The molecule has 0 aromatic rings. The molecule has 0 amide bonds. The number of ether oxygens (including phenoxy) is 4. The van der Waals surface area contributed by atoms with E-state index in [0.29, 0.717) is 0 Å². The van der Waals surface area contributed by atoms with Crippen LogP contribution in [-0.4, -0.2) is 149 Å². The van der Waals surface area contributed by atoms with Gasteiger partial charge in [0.15, 0.2) is 12.4 Å². The van der Waals surface area contributed by atoms with Crippen LogP contribution in [0.2, 0.25) is 0 Å². The quantitative estimate of drug-likeness (QED) is 0.132. The Morgan fingerprint density at radius 1 is 0.737 bits per heavy atom. The summed E-state index contributed by atoms with van der Waals surface area (Å²) in [6.45, 7) is -1.35. The second-order valence-electron chi connectivity index (χ2n) is 8.81. The van der Waals surface area contributed by atoms with Crippen molar-refractivity contribution in [2.75, 3.05) is 19.8 Å². The number of alkyl halides is 6. The van der Waals surface area contributed by atoms with Crippen LogP contribution in [0, 0.1) is 0 Å². The van der Waals surface area contributed by atoms with Crippen molar-refractivity contribution < 1.29 is 59.5 Å². The second kappa shape index (κ2) is 14.8. The van der Waals surface area contributed by atoms with E-state index in [1.807, 2.05) is 0 Å². The Kier molecular flexibility index (Phi) is 13.6. The van der Waals surface area contributed by atoms with E-state index in [9.17, 15) is 40.5 Å². The molecule has 1 aliphatic carbocycles. The standard InChI is InChI=1S/C14H24O12.C6H6Cl6/c1-5(18)23-12-9(20)7(3-16)25-14(12,4-17)26-13-11(22)10(21)8(19)6(2-15)24-13;7-1-2(8)4(10)6(12)5(11)3(1)9/h6-13,15-17,19-22H,2-4H2,1H3;1-6H/t6-,7-,8-,9-,10+,11-,12+,13-,14+;1-,2-,3-,4+,5+,6+/m1./s1. The molecule has 0 unspecified atom stereocenters. The van der Waals surface area contributed by atoms with Crippen LogP contribution in [0.4, 0.5) is 0 Å². The first kappa shape index (κ1) is 35.0. The molecule has 0 bridgehead atoms. The summed E-state index contributed by atoms with van der Waals surface area (Å²) < 4.78 is 20.8. The van der Waals surface area contributed by atoms with E-state index in [1.54, 1.807) is 0 Å². The Morgan fingerprint density at radius 3 is 1.55 bits per heavy atom. The van der Waals surface area contributed by atoms with Gasteiger partial charge in [0, 0.05) is 6.92 Å². The summed E-state index contributed by atoms with van der Waals surface area (Å²) in [5, 5.41) is 65.4. The first-order valence-electron chi connectivity index (χ1n) is 11.2. The molecule has 2 heterocycles. The van der Waals surface area contributed by atoms with Crippen LogP contribution in [0.1, 0.15) is 6.92 Å². The van der Waals surface area contributed by atoms with Crippen LogP contribution in [0.15, 0.2) is 0 Å². The predicted octanol–water partition coefficient (Wildman–Crippen LogP) is -1.18. The Labute approximate surface area is 248 Å². The molecule has 0 aromatic carbocycles. The third kappa shape index (κ3) is 7.41. The van der Waals surface area contributed by atoms with Crippen molar-refractivity contribution in [2.24, 2.45) is 0 Å². The number of rotatable bonds is 6. The highest BCUT2D eigenvalue weighted by Crippen LogP contribution is 2.40. The normalized spacial score (nSPS) is 49.2. The Morgan fingerprint density at radius 2 is 1.18 bits per heavy atom. The molecule has 2 aliphatic heterocycles. The first-order chi connectivity index (χ1) is 17.7. The Balaban J connectivity index is 0.000000352. The second-order valence-corrected chi connectivity index (χ2v) is 11.8. The van der Waals surface area contributed by atoms with E-state index in [4.69, 9.17) is 88.6 Å². The highest BCUT2D eigenvalue weighted by Gasteiger charge is 2.60. The van der Waals surface area contributed by atoms with Crippen molar-refractivity contribution in [2.45, 2.75) is 94.0 Å². The number of hydrogen-bond acceptors (Lipinski definition) is 12. The highest BCUT2D eigenvalue weighted by molar-refractivity contribution is 6.45. The Hall–Kier alpha value is 0.810. The topological polar surface area (TPSA) is 196 Å². The molecule has 12 nitrogen and oxygen atoms in total. The van der Waals surface area contributed by atoms with Gasteiger partial charge in [-0.1, -0.05) is 0 Å². The zero-order valence-electron chi connectivity index (χ0n) is 19.6. The van der Waals surface area contributed by atoms with Gasteiger partial charge in [-0.15, -0.1) is 69.6 Å². The van der Waals surface area contributed by atoms with Gasteiger partial charge in [-0.3, -0.25) is 4.79 Å². The minimum atomic E-state index is -2.23. The van der Waals surface area contributed by atoms with Crippen LogP contribution < -0.4 is 0 Å². The van der Waals surface area contributed by atoms with Crippen molar-refractivity contribution in [3.8, 4) is 0 Å². The van der Waals surface area contributed by atoms with Gasteiger partial charge in [0.2, 0.25) is 5.79 Å². The van der Waals surface area contributed by atoms with Gasteiger partial charge in [-0.2, -0.15) is 0 Å². The molecule has 2 saturated heterocycles. The third-order valence-electron chi connectivity index (χ3n) is 6.16. The minimum Gasteiger partial charge on any atom is -0.454 e. The molecule has 0 radical (unpaired) electrons. The average molecular weight is 675 g/mol. The van der Waals surface area contributed by atoms with Gasteiger partial charge in [-0.05, 0) is 0 Å². The fourth-order valence-electron chi connectivity index (χ4n) is 4.01. The van der Waals surface area contributed by atoms with Crippen LogP contribution in [0.25, 0.3) is 0 Å². The number of esters is 1. The fraction of sp³-hybridized carbons (Fsp3) is 0.950. The zero-order valence-corrected chi connectivity index (χ0v) is 24.2. The summed E-state index contributed by atoms with van der Waals surface area (Å²) in [5.74, 6) is -3.07. The molecule has 0 aromatic heterocycles. The van der Waals surface area contributed by atoms with E-state index in [0.717, 1.165) is 6.92 Å². The van der Waals surface area contributed by atoms with Gasteiger partial charge >= 0.3 is 5.97 Å². The maximum atomic E-state index is 11.3. The van der Waals surface area contributed by atoms with E-state index in [1.165, 1.54) is 0 Å². The van der Waals surface area contributed by atoms with Gasteiger partial charge < -0.3 is 54.7 Å². The monoisotopic (exact) mass is 672 g/mol. The van der Waals surface area contributed by atoms with E-state index >= 15 is 0 Å². The van der Waals surface area contributed by atoms with Gasteiger partial charge in [0.25, 0.3) is 0 Å². The fourth-order valence-corrected chi connectivity index (χ4v) is 6.33. The molecular weight excluding hydrogens is 645 g/mol. The molecule has 18 heteroatoms. The van der Waals surface area contributed by atoms with Gasteiger partial charge in [0.05, 0.1) is 45.5 Å². The molecule has 3 rings (SSSR count). The van der Waals surface area contributed by atoms with Crippen molar-refractivity contribution in [1.82, 2.24) is 0 Å². The lowest BCUT2D eigenvalue weighted by atomic mass is 9.97. The summed E-state index contributed by atoms with van der Waals surface area (Å²) in [5.41, 5.74) is 0.